The smallest absolute Gasteiger partial charge is 0.121 e. The molecular weight excluding hydrogens is 236 g/mol. The molecule has 0 aliphatic heterocycles. The van der Waals surface area contributed by atoms with Gasteiger partial charge >= 0.3 is 0 Å². The van der Waals surface area contributed by atoms with Crippen molar-refractivity contribution in [3.8, 4) is 5.75 Å². The lowest BCUT2D eigenvalue weighted by molar-refractivity contribution is 0.304. The summed E-state index contributed by atoms with van der Waals surface area (Å²) < 4.78 is 5.65. The van der Waals surface area contributed by atoms with Crippen molar-refractivity contribution in [1.82, 2.24) is 0 Å². The van der Waals surface area contributed by atoms with Gasteiger partial charge in [-0.05, 0) is 18.6 Å². The third kappa shape index (κ3) is 6.94. The van der Waals surface area contributed by atoms with E-state index in [-0.39, 0.29) is 0 Å². The first-order valence-corrected chi connectivity index (χ1v) is 7.52. The minimum atomic E-state index is 0.591. The summed E-state index contributed by atoms with van der Waals surface area (Å²) >= 11 is 0. The van der Waals surface area contributed by atoms with Crippen LogP contribution in [0.3, 0.4) is 0 Å². The minimum absolute atomic E-state index is 0.591. The van der Waals surface area contributed by atoms with Crippen LogP contribution in [0.15, 0.2) is 18.2 Å². The van der Waals surface area contributed by atoms with Crippen molar-refractivity contribution in [2.45, 2.75) is 58.3 Å². The maximum Gasteiger partial charge on any atom is 0.121 e. The zero-order chi connectivity index (χ0) is 13.9. The molecule has 0 aliphatic carbocycles. The normalized spacial score (nSPS) is 10.6. The van der Waals surface area contributed by atoms with Gasteiger partial charge in [-0.1, -0.05) is 51.9 Å². The highest BCUT2D eigenvalue weighted by Crippen LogP contribution is 2.21. The summed E-state index contributed by atoms with van der Waals surface area (Å²) in [6, 6.07) is 5.45. The summed E-state index contributed by atoms with van der Waals surface area (Å²) in [6.45, 7) is 3.01. The van der Waals surface area contributed by atoms with Gasteiger partial charge in [0.25, 0.3) is 0 Å². The summed E-state index contributed by atoms with van der Waals surface area (Å²) in [4.78, 5) is 0. The van der Waals surface area contributed by atoms with E-state index < -0.39 is 0 Å². The van der Waals surface area contributed by atoms with Gasteiger partial charge in [-0.15, -0.1) is 0 Å². The number of hydrogen-bond donors (Lipinski definition) is 2. The maximum absolute atomic E-state index is 5.73. The standard InChI is InChI=1S/C16H28N2O/c1-2-3-4-5-6-7-8-9-12-19-14-10-11-15(17)16(18)13-14/h10-11,13H,2-9,12,17-18H2,1H3. The third-order valence-corrected chi connectivity index (χ3v) is 3.32. The monoisotopic (exact) mass is 264 g/mol. The number of nitrogens with two attached hydrogens (primary N) is 2. The van der Waals surface area contributed by atoms with E-state index in [0.717, 1.165) is 18.8 Å². The van der Waals surface area contributed by atoms with Gasteiger partial charge in [-0.25, -0.2) is 0 Å². The Labute approximate surface area is 117 Å². The number of hydrogen-bond acceptors (Lipinski definition) is 3. The van der Waals surface area contributed by atoms with Crippen LogP contribution < -0.4 is 16.2 Å². The van der Waals surface area contributed by atoms with Crippen molar-refractivity contribution in [3.63, 3.8) is 0 Å². The van der Waals surface area contributed by atoms with Crippen molar-refractivity contribution in [3.05, 3.63) is 18.2 Å². The molecule has 0 unspecified atom stereocenters. The van der Waals surface area contributed by atoms with E-state index in [4.69, 9.17) is 16.2 Å². The highest BCUT2D eigenvalue weighted by Gasteiger charge is 1.98. The molecule has 0 heterocycles. The van der Waals surface area contributed by atoms with Crippen LogP contribution in [-0.4, -0.2) is 6.61 Å². The van der Waals surface area contributed by atoms with E-state index in [0.29, 0.717) is 11.4 Å². The number of ether oxygens (including phenoxy) is 1. The Morgan fingerprint density at radius 1 is 0.842 bits per heavy atom. The topological polar surface area (TPSA) is 61.3 Å². The van der Waals surface area contributed by atoms with Gasteiger partial charge in [-0.3, -0.25) is 0 Å². The van der Waals surface area contributed by atoms with Gasteiger partial charge < -0.3 is 16.2 Å². The van der Waals surface area contributed by atoms with E-state index in [2.05, 4.69) is 6.92 Å². The van der Waals surface area contributed by atoms with Crippen LogP contribution in [0.2, 0.25) is 0 Å². The molecule has 0 spiro atoms. The molecule has 0 fully saturated rings. The Morgan fingerprint density at radius 2 is 1.47 bits per heavy atom. The fourth-order valence-corrected chi connectivity index (χ4v) is 2.07. The fraction of sp³-hybridized carbons (Fsp3) is 0.625. The molecule has 3 nitrogen and oxygen atoms in total. The van der Waals surface area contributed by atoms with E-state index in [1.807, 2.05) is 6.07 Å². The quantitative estimate of drug-likeness (QED) is 0.487. The summed E-state index contributed by atoms with van der Waals surface area (Å²) in [7, 11) is 0. The molecule has 19 heavy (non-hydrogen) atoms. The molecule has 0 saturated heterocycles. The summed E-state index contributed by atoms with van der Waals surface area (Å²) in [5.74, 6) is 0.814. The average molecular weight is 264 g/mol. The van der Waals surface area contributed by atoms with Crippen molar-refractivity contribution in [1.29, 1.82) is 0 Å². The number of benzene rings is 1. The second kappa shape index (κ2) is 9.54. The predicted molar refractivity (Wildman–Crippen MR) is 83.4 cm³/mol. The summed E-state index contributed by atoms with van der Waals surface area (Å²) in [6.07, 6.45) is 10.5. The zero-order valence-electron chi connectivity index (χ0n) is 12.2. The Kier molecular flexibility index (Phi) is 7.87. The van der Waals surface area contributed by atoms with Crippen LogP contribution in [-0.2, 0) is 0 Å². The highest BCUT2D eigenvalue weighted by molar-refractivity contribution is 5.65. The lowest BCUT2D eigenvalue weighted by Gasteiger charge is -2.08. The van der Waals surface area contributed by atoms with Crippen LogP contribution in [0.1, 0.15) is 58.3 Å². The average Bonchev–Trinajstić information content (AvgIpc) is 2.41. The lowest BCUT2D eigenvalue weighted by Crippen LogP contribution is -1.99. The molecule has 0 bridgehead atoms. The summed E-state index contributed by atoms with van der Waals surface area (Å²) in [5, 5.41) is 0. The van der Waals surface area contributed by atoms with E-state index >= 15 is 0 Å². The van der Waals surface area contributed by atoms with Crippen LogP contribution >= 0.6 is 0 Å². The molecule has 1 aromatic carbocycles. The lowest BCUT2D eigenvalue weighted by atomic mass is 10.1. The van der Waals surface area contributed by atoms with Gasteiger partial charge in [-0.2, -0.15) is 0 Å². The van der Waals surface area contributed by atoms with Gasteiger partial charge in [0.05, 0.1) is 18.0 Å². The molecule has 1 aromatic rings. The van der Waals surface area contributed by atoms with Crippen LogP contribution in [0.5, 0.6) is 5.75 Å². The van der Waals surface area contributed by atoms with Crippen molar-refractivity contribution < 1.29 is 4.74 Å². The first-order chi connectivity index (χ1) is 9.24. The van der Waals surface area contributed by atoms with Crippen molar-refractivity contribution in [2.75, 3.05) is 18.1 Å². The van der Waals surface area contributed by atoms with E-state index in [1.165, 1.54) is 44.9 Å². The van der Waals surface area contributed by atoms with Gasteiger partial charge in [0.1, 0.15) is 5.75 Å². The highest BCUT2D eigenvalue weighted by atomic mass is 16.5. The van der Waals surface area contributed by atoms with E-state index in [1.54, 1.807) is 12.1 Å². The maximum atomic E-state index is 5.73. The Hall–Kier alpha value is -1.38. The zero-order valence-corrected chi connectivity index (χ0v) is 12.2. The number of unbranched alkanes of at least 4 members (excludes halogenated alkanes) is 7. The molecule has 3 heteroatoms. The van der Waals surface area contributed by atoms with Gasteiger partial charge in [0, 0.05) is 6.07 Å². The number of nitrogen functional groups attached to an aromatic ring is 2. The van der Waals surface area contributed by atoms with E-state index in [9.17, 15) is 0 Å². The Bertz CT molecular complexity index is 353. The predicted octanol–water partition coefficient (Wildman–Crippen LogP) is 4.37. The summed E-state index contributed by atoms with van der Waals surface area (Å²) in [5.41, 5.74) is 12.6. The van der Waals surface area contributed by atoms with Crippen LogP contribution in [0, 0.1) is 0 Å². The van der Waals surface area contributed by atoms with Crippen LogP contribution in [0.25, 0.3) is 0 Å². The molecular formula is C16H28N2O. The molecule has 108 valence electrons. The van der Waals surface area contributed by atoms with Crippen molar-refractivity contribution in [2.24, 2.45) is 0 Å². The van der Waals surface area contributed by atoms with Gasteiger partial charge in [0.2, 0.25) is 0 Å². The molecule has 0 aromatic heterocycles. The number of rotatable bonds is 10. The number of anilines is 2. The molecule has 0 saturated carbocycles. The van der Waals surface area contributed by atoms with Crippen LogP contribution in [0.4, 0.5) is 11.4 Å². The second-order valence-electron chi connectivity index (χ2n) is 5.11. The molecule has 1 rings (SSSR count). The second-order valence-corrected chi connectivity index (χ2v) is 5.11. The molecule has 0 radical (unpaired) electrons. The molecule has 0 atom stereocenters. The molecule has 0 aliphatic rings. The first kappa shape index (κ1) is 15.7. The third-order valence-electron chi connectivity index (χ3n) is 3.32. The van der Waals surface area contributed by atoms with Gasteiger partial charge in [0.15, 0.2) is 0 Å². The first-order valence-electron chi connectivity index (χ1n) is 7.52. The SMILES string of the molecule is CCCCCCCCCCOc1ccc(N)c(N)c1. The Morgan fingerprint density at radius 3 is 2.11 bits per heavy atom. The molecule has 4 N–H and O–H groups in total. The van der Waals surface area contributed by atoms with Crippen molar-refractivity contribution >= 4 is 11.4 Å². The minimum Gasteiger partial charge on any atom is -0.494 e. The fourth-order valence-electron chi connectivity index (χ4n) is 2.07. The Balaban J connectivity index is 2.00. The largest absolute Gasteiger partial charge is 0.494 e. The molecule has 0 amide bonds.